The van der Waals surface area contributed by atoms with E-state index in [2.05, 4.69) is 10.4 Å². The molecule has 0 bridgehead atoms. The number of imidazole rings is 1. The highest BCUT2D eigenvalue weighted by Crippen LogP contribution is 2.00. The second-order valence-corrected chi connectivity index (χ2v) is 2.51. The van der Waals surface area contributed by atoms with Crippen molar-refractivity contribution in [2.75, 3.05) is 0 Å². The van der Waals surface area contributed by atoms with Gasteiger partial charge in [0.1, 0.15) is 12.4 Å². The number of hydrogen-bond acceptors (Lipinski definition) is 1. The fraction of sp³-hybridized carbons (Fsp3) is 0. The van der Waals surface area contributed by atoms with Gasteiger partial charge in [-0.3, -0.25) is 0 Å². The van der Waals surface area contributed by atoms with Crippen LogP contribution >= 0.6 is 11.3 Å². The Bertz CT molecular complexity index is 232. The summed E-state index contributed by atoms with van der Waals surface area (Å²) < 4.78 is 2.05. The van der Waals surface area contributed by atoms with Crippen LogP contribution in [0.3, 0.4) is 0 Å². The average molecular weight is 125 g/mol. The van der Waals surface area contributed by atoms with E-state index >= 15 is 0 Å². The van der Waals surface area contributed by atoms with E-state index in [9.17, 15) is 0 Å². The van der Waals surface area contributed by atoms with Gasteiger partial charge >= 0.3 is 0 Å². The van der Waals surface area contributed by atoms with Gasteiger partial charge in [0.15, 0.2) is 0 Å². The van der Waals surface area contributed by atoms with Crippen LogP contribution in [0.5, 0.6) is 0 Å². The molecule has 0 aliphatic rings. The van der Waals surface area contributed by atoms with Crippen LogP contribution in [-0.2, 0) is 0 Å². The van der Waals surface area contributed by atoms with Crippen molar-refractivity contribution in [2.24, 2.45) is 0 Å². The molecule has 0 saturated heterocycles. The summed E-state index contributed by atoms with van der Waals surface area (Å²) in [4.78, 5) is 4.25. The van der Waals surface area contributed by atoms with Gasteiger partial charge in [0.2, 0.25) is 11.2 Å². The fourth-order valence-electron chi connectivity index (χ4n) is 0.704. The number of nitrogens with one attached hydrogen (secondary N) is 1. The number of rotatable bonds is 0. The van der Waals surface area contributed by atoms with Crippen molar-refractivity contribution in [1.29, 1.82) is 0 Å². The van der Waals surface area contributed by atoms with Crippen LogP contribution in [0.25, 0.3) is 4.83 Å². The molecular formula is C5H5N2S+. The zero-order valence-corrected chi connectivity index (χ0v) is 4.98. The van der Waals surface area contributed by atoms with Gasteiger partial charge in [0.25, 0.3) is 0 Å². The van der Waals surface area contributed by atoms with Crippen molar-refractivity contribution in [3.8, 4) is 0 Å². The smallest absolute Gasteiger partial charge is 0.247 e. The molecular weight excluding hydrogens is 120 g/mol. The first kappa shape index (κ1) is 4.09. The van der Waals surface area contributed by atoms with Crippen LogP contribution in [0.1, 0.15) is 0 Å². The molecule has 2 aromatic heterocycles. The number of H-pyrrole nitrogens is 1. The molecule has 8 heavy (non-hydrogen) atoms. The summed E-state index contributed by atoms with van der Waals surface area (Å²) in [5.74, 6) is 0. The monoisotopic (exact) mass is 125 g/mol. The van der Waals surface area contributed by atoms with Gasteiger partial charge in [0, 0.05) is 5.38 Å². The number of hydrogen-bond donors (Lipinski definition) is 1. The minimum absolute atomic E-state index is 1.25. The van der Waals surface area contributed by atoms with Crippen molar-refractivity contribution >= 4 is 16.2 Å². The maximum Gasteiger partial charge on any atom is 0.247 e. The molecule has 0 spiro atoms. The minimum atomic E-state index is 1.25. The zero-order chi connectivity index (χ0) is 5.40. The molecule has 1 N–H and O–H groups in total. The predicted molar refractivity (Wildman–Crippen MR) is 31.8 cm³/mol. The molecule has 0 aliphatic carbocycles. The molecule has 2 aromatic rings. The van der Waals surface area contributed by atoms with Gasteiger partial charge in [-0.05, 0) is 0 Å². The summed E-state index contributed by atoms with van der Waals surface area (Å²) in [7, 11) is 0. The van der Waals surface area contributed by atoms with Crippen LogP contribution in [0.4, 0.5) is 0 Å². The summed E-state index contributed by atoms with van der Waals surface area (Å²) in [6.45, 7) is 0. The molecule has 0 amide bonds. The number of aromatic amines is 1. The van der Waals surface area contributed by atoms with Crippen LogP contribution in [0, 0.1) is 0 Å². The van der Waals surface area contributed by atoms with Gasteiger partial charge in [-0.15, -0.1) is 0 Å². The molecule has 40 valence electrons. The first-order chi connectivity index (χ1) is 3.97. The van der Waals surface area contributed by atoms with Gasteiger partial charge in [-0.2, -0.15) is 4.40 Å². The largest absolute Gasteiger partial charge is 0.248 e. The summed E-state index contributed by atoms with van der Waals surface area (Å²) in [5, 5.41) is 2.06. The van der Waals surface area contributed by atoms with Gasteiger partial charge in [-0.1, -0.05) is 11.3 Å². The Balaban J connectivity index is 3.06. The zero-order valence-electron chi connectivity index (χ0n) is 4.16. The first-order valence-electron chi connectivity index (χ1n) is 2.38. The van der Waals surface area contributed by atoms with E-state index < -0.39 is 0 Å². The SMILES string of the molecule is c1c[n+]2c[nH]cc2s1. The highest BCUT2D eigenvalue weighted by Gasteiger charge is 1.96. The molecule has 2 nitrogen and oxygen atoms in total. The van der Waals surface area contributed by atoms with Crippen molar-refractivity contribution in [3.05, 3.63) is 24.1 Å². The summed E-state index contributed by atoms with van der Waals surface area (Å²) in [6, 6.07) is 0. The van der Waals surface area contributed by atoms with Crippen LogP contribution in [0.15, 0.2) is 24.1 Å². The topological polar surface area (TPSA) is 19.9 Å². The lowest BCUT2D eigenvalue weighted by atomic mass is 10.9. The second kappa shape index (κ2) is 1.32. The van der Waals surface area contributed by atoms with E-state index in [0.29, 0.717) is 0 Å². The Morgan fingerprint density at radius 1 is 1.62 bits per heavy atom. The second-order valence-electron chi connectivity index (χ2n) is 1.59. The minimum Gasteiger partial charge on any atom is -0.248 e. The molecule has 2 rings (SSSR count). The van der Waals surface area contributed by atoms with Crippen molar-refractivity contribution in [1.82, 2.24) is 4.98 Å². The lowest BCUT2D eigenvalue weighted by Crippen LogP contribution is -2.11. The number of fused-ring (bicyclic) bond motifs is 1. The van der Waals surface area contributed by atoms with Crippen molar-refractivity contribution in [3.63, 3.8) is 0 Å². The Labute approximate surface area is 50.4 Å². The van der Waals surface area contributed by atoms with Gasteiger partial charge < -0.3 is 0 Å². The third-order valence-corrected chi connectivity index (χ3v) is 1.91. The van der Waals surface area contributed by atoms with E-state index in [0.717, 1.165) is 0 Å². The Morgan fingerprint density at radius 2 is 2.62 bits per heavy atom. The quantitative estimate of drug-likeness (QED) is 0.503. The Hall–Kier alpha value is -0.830. The standard InChI is InChI=1S/C5H4N2S/c1-2-8-5-3-6-4-7(1)5/h1-4H/p+1. The lowest BCUT2D eigenvalue weighted by Gasteiger charge is -1.61. The van der Waals surface area contributed by atoms with Gasteiger partial charge in [-0.25, -0.2) is 4.98 Å². The fourth-order valence-corrected chi connectivity index (χ4v) is 1.41. The molecule has 3 heteroatoms. The molecule has 0 saturated carbocycles. The molecule has 2 heterocycles. The molecule has 0 aliphatic heterocycles. The molecule has 0 radical (unpaired) electrons. The highest BCUT2D eigenvalue weighted by molar-refractivity contribution is 7.14. The summed E-state index contributed by atoms with van der Waals surface area (Å²) >= 11 is 1.73. The van der Waals surface area contributed by atoms with E-state index in [1.165, 1.54) is 4.83 Å². The first-order valence-corrected chi connectivity index (χ1v) is 3.26. The summed E-state index contributed by atoms with van der Waals surface area (Å²) in [5.41, 5.74) is 0. The van der Waals surface area contributed by atoms with Crippen LogP contribution < -0.4 is 4.40 Å². The van der Waals surface area contributed by atoms with Crippen molar-refractivity contribution in [2.45, 2.75) is 0 Å². The molecule has 0 aromatic carbocycles. The van der Waals surface area contributed by atoms with Crippen LogP contribution in [0.2, 0.25) is 0 Å². The maximum atomic E-state index is 2.99. The molecule has 0 atom stereocenters. The Morgan fingerprint density at radius 3 is 3.50 bits per heavy atom. The predicted octanol–water partition coefficient (Wildman–Crippen LogP) is 0.815. The summed E-state index contributed by atoms with van der Waals surface area (Å²) in [6.07, 6.45) is 5.92. The third kappa shape index (κ3) is 0.391. The van der Waals surface area contributed by atoms with Crippen molar-refractivity contribution < 1.29 is 4.40 Å². The number of aromatic nitrogens is 2. The normalized spacial score (nSPS) is 10.5. The highest BCUT2D eigenvalue weighted by atomic mass is 32.1. The van der Waals surface area contributed by atoms with E-state index in [-0.39, 0.29) is 0 Å². The van der Waals surface area contributed by atoms with E-state index in [1.807, 2.05) is 23.1 Å². The Kier molecular flexibility index (Phi) is 0.676. The molecule has 0 fully saturated rings. The van der Waals surface area contributed by atoms with E-state index in [1.54, 1.807) is 11.3 Å². The number of thiazole rings is 1. The number of nitrogens with zero attached hydrogens (tertiary/aromatic N) is 1. The van der Waals surface area contributed by atoms with Gasteiger partial charge in [0.05, 0.1) is 0 Å². The van der Waals surface area contributed by atoms with Crippen LogP contribution in [-0.4, -0.2) is 4.98 Å². The lowest BCUT2D eigenvalue weighted by molar-refractivity contribution is -0.506. The maximum absolute atomic E-state index is 2.99. The third-order valence-electron chi connectivity index (χ3n) is 1.09. The molecule has 0 unspecified atom stereocenters. The average Bonchev–Trinajstić information content (AvgIpc) is 2.15. The van der Waals surface area contributed by atoms with E-state index in [4.69, 9.17) is 0 Å².